The first kappa shape index (κ1) is 14.0. The fraction of sp³-hybridized carbons (Fsp3) is 0.462. The van der Waals surface area contributed by atoms with E-state index in [0.717, 1.165) is 5.56 Å². The molecule has 0 spiro atoms. The van der Waals surface area contributed by atoms with E-state index in [1.807, 2.05) is 6.07 Å². The van der Waals surface area contributed by atoms with Gasteiger partial charge in [0.05, 0.1) is 11.6 Å². The van der Waals surface area contributed by atoms with Crippen molar-refractivity contribution in [2.75, 3.05) is 0 Å². The molecule has 0 saturated heterocycles. The molecule has 1 rings (SSSR count). The van der Waals surface area contributed by atoms with Crippen LogP contribution in [0.1, 0.15) is 36.7 Å². The van der Waals surface area contributed by atoms with Gasteiger partial charge in [0.15, 0.2) is 0 Å². The Kier molecular flexibility index (Phi) is 4.54. The molecule has 0 bridgehead atoms. The van der Waals surface area contributed by atoms with E-state index in [1.54, 1.807) is 39.0 Å². The second-order valence-electron chi connectivity index (χ2n) is 4.69. The molecule has 3 nitrogen and oxygen atoms in total. The second kappa shape index (κ2) is 5.52. The zero-order valence-electron chi connectivity index (χ0n) is 10.3. The van der Waals surface area contributed by atoms with Gasteiger partial charge in [-0.3, -0.25) is 4.79 Å². The van der Waals surface area contributed by atoms with Crippen LogP contribution in [0.2, 0.25) is 0 Å². The number of nitrogens with one attached hydrogen (secondary N) is 1. The first-order valence-electron chi connectivity index (χ1n) is 5.52. The lowest BCUT2D eigenvalue weighted by Gasteiger charge is -2.29. The second-order valence-corrected chi connectivity index (χ2v) is 4.95. The first-order valence-corrected chi connectivity index (χ1v) is 6.06. The molecule has 0 aliphatic heterocycles. The van der Waals surface area contributed by atoms with Crippen LogP contribution in [0.25, 0.3) is 0 Å². The molecular formula is C13H18ClNO2. The monoisotopic (exact) mass is 255 g/mol. The minimum atomic E-state index is -0.659. The van der Waals surface area contributed by atoms with Crippen molar-refractivity contribution in [1.29, 1.82) is 0 Å². The van der Waals surface area contributed by atoms with Crippen LogP contribution < -0.4 is 5.32 Å². The van der Waals surface area contributed by atoms with Gasteiger partial charge in [0.2, 0.25) is 0 Å². The number of halogens is 1. The lowest BCUT2D eigenvalue weighted by molar-refractivity contribution is 0.0709. The Morgan fingerprint density at radius 2 is 2.18 bits per heavy atom. The molecule has 94 valence electrons. The fourth-order valence-electron chi connectivity index (χ4n) is 1.26. The van der Waals surface area contributed by atoms with Crippen molar-refractivity contribution in [3.63, 3.8) is 0 Å². The molecule has 0 fully saturated rings. The zero-order valence-corrected chi connectivity index (χ0v) is 11.1. The summed E-state index contributed by atoms with van der Waals surface area (Å²) in [5.74, 6) is 0.170. The van der Waals surface area contributed by atoms with E-state index in [2.05, 4.69) is 5.32 Å². The molecule has 0 aliphatic carbocycles. The van der Waals surface area contributed by atoms with Gasteiger partial charge in [0.1, 0.15) is 0 Å². The number of aliphatic hydroxyl groups is 1. The highest BCUT2D eigenvalue weighted by atomic mass is 35.5. The molecule has 0 aliphatic rings. The highest BCUT2D eigenvalue weighted by Crippen LogP contribution is 2.12. The smallest absolute Gasteiger partial charge is 0.251 e. The molecule has 0 saturated carbocycles. The summed E-state index contributed by atoms with van der Waals surface area (Å²) in [6.45, 7) is 5.21. The Morgan fingerprint density at radius 1 is 1.53 bits per heavy atom. The minimum Gasteiger partial charge on any atom is -0.391 e. The summed E-state index contributed by atoms with van der Waals surface area (Å²) >= 11 is 5.72. The van der Waals surface area contributed by atoms with Crippen LogP contribution in [-0.2, 0) is 5.88 Å². The third kappa shape index (κ3) is 3.72. The number of carbonyl (C=O) groups is 1. The predicted octanol–water partition coefficient (Wildman–Crippen LogP) is 2.31. The average molecular weight is 256 g/mol. The SMILES string of the molecule is CC(O)C(C)(C)NC(=O)c1cccc(CCl)c1. The maximum absolute atomic E-state index is 12.0. The summed E-state index contributed by atoms with van der Waals surface area (Å²) in [5.41, 5.74) is 0.791. The summed E-state index contributed by atoms with van der Waals surface area (Å²) in [6.07, 6.45) is -0.623. The van der Waals surface area contributed by atoms with Gasteiger partial charge in [-0.2, -0.15) is 0 Å². The van der Waals surface area contributed by atoms with Gasteiger partial charge in [0.25, 0.3) is 5.91 Å². The standard InChI is InChI=1S/C13H18ClNO2/c1-9(16)13(2,3)15-12(17)11-6-4-5-10(7-11)8-14/h4-7,9,16H,8H2,1-3H3,(H,15,17). The summed E-state index contributed by atoms with van der Waals surface area (Å²) in [4.78, 5) is 12.0. The van der Waals surface area contributed by atoms with Crippen LogP contribution in [-0.4, -0.2) is 22.7 Å². The lowest BCUT2D eigenvalue weighted by atomic mass is 9.98. The topological polar surface area (TPSA) is 49.3 Å². The molecule has 1 amide bonds. The Labute approximate surface area is 107 Å². The molecule has 1 atom stereocenters. The molecule has 1 unspecified atom stereocenters. The number of alkyl halides is 1. The van der Waals surface area contributed by atoms with Crippen LogP contribution in [0, 0.1) is 0 Å². The van der Waals surface area contributed by atoms with Crippen molar-refractivity contribution in [2.24, 2.45) is 0 Å². The molecule has 0 heterocycles. The van der Waals surface area contributed by atoms with Crippen molar-refractivity contribution in [1.82, 2.24) is 5.32 Å². The number of aliphatic hydroxyl groups excluding tert-OH is 1. The predicted molar refractivity (Wildman–Crippen MR) is 69.2 cm³/mol. The van der Waals surface area contributed by atoms with Crippen molar-refractivity contribution in [3.8, 4) is 0 Å². The first-order chi connectivity index (χ1) is 7.86. The highest BCUT2D eigenvalue weighted by Gasteiger charge is 2.26. The number of rotatable bonds is 4. The molecule has 17 heavy (non-hydrogen) atoms. The summed E-state index contributed by atoms with van der Waals surface area (Å²) < 4.78 is 0. The third-order valence-corrected chi connectivity index (χ3v) is 3.13. The van der Waals surface area contributed by atoms with Gasteiger partial charge < -0.3 is 10.4 Å². The van der Waals surface area contributed by atoms with Gasteiger partial charge in [-0.15, -0.1) is 11.6 Å². The van der Waals surface area contributed by atoms with Crippen LogP contribution in [0.3, 0.4) is 0 Å². The van der Waals surface area contributed by atoms with E-state index in [0.29, 0.717) is 11.4 Å². The Bertz CT molecular complexity index is 402. The molecule has 1 aromatic rings. The number of hydrogen-bond donors (Lipinski definition) is 2. The molecule has 2 N–H and O–H groups in total. The van der Waals surface area contributed by atoms with Crippen molar-refractivity contribution in [2.45, 2.75) is 38.3 Å². The van der Waals surface area contributed by atoms with Gasteiger partial charge >= 0.3 is 0 Å². The van der Waals surface area contributed by atoms with Gasteiger partial charge in [-0.05, 0) is 38.5 Å². The third-order valence-electron chi connectivity index (χ3n) is 2.82. The van der Waals surface area contributed by atoms with Crippen LogP contribution in [0.4, 0.5) is 0 Å². The average Bonchev–Trinajstić information content (AvgIpc) is 2.28. The van der Waals surface area contributed by atoms with Crippen LogP contribution in [0.15, 0.2) is 24.3 Å². The maximum atomic E-state index is 12.0. The number of carbonyl (C=O) groups excluding carboxylic acids is 1. The van der Waals surface area contributed by atoms with Crippen LogP contribution >= 0.6 is 11.6 Å². The highest BCUT2D eigenvalue weighted by molar-refractivity contribution is 6.17. The Morgan fingerprint density at radius 3 is 2.71 bits per heavy atom. The van der Waals surface area contributed by atoms with Gasteiger partial charge in [-0.1, -0.05) is 12.1 Å². The normalized spacial score (nSPS) is 13.2. The minimum absolute atomic E-state index is 0.206. The van der Waals surface area contributed by atoms with E-state index < -0.39 is 11.6 Å². The Balaban J connectivity index is 2.83. The number of hydrogen-bond acceptors (Lipinski definition) is 2. The zero-order chi connectivity index (χ0) is 13.1. The Hall–Kier alpha value is -1.06. The number of amides is 1. The quantitative estimate of drug-likeness (QED) is 0.812. The van der Waals surface area contributed by atoms with Crippen molar-refractivity contribution < 1.29 is 9.90 Å². The summed E-state index contributed by atoms with van der Waals surface area (Å²) in [7, 11) is 0. The van der Waals surface area contributed by atoms with E-state index in [4.69, 9.17) is 11.6 Å². The van der Waals surface area contributed by atoms with E-state index in [-0.39, 0.29) is 5.91 Å². The largest absolute Gasteiger partial charge is 0.391 e. The van der Waals surface area contributed by atoms with Gasteiger partial charge in [0, 0.05) is 11.4 Å². The fourth-order valence-corrected chi connectivity index (χ4v) is 1.43. The summed E-state index contributed by atoms with van der Waals surface area (Å²) in [6, 6.07) is 7.13. The van der Waals surface area contributed by atoms with E-state index in [9.17, 15) is 9.90 Å². The molecule has 4 heteroatoms. The van der Waals surface area contributed by atoms with Crippen molar-refractivity contribution >= 4 is 17.5 Å². The molecule has 0 radical (unpaired) electrons. The maximum Gasteiger partial charge on any atom is 0.251 e. The van der Waals surface area contributed by atoms with Gasteiger partial charge in [-0.25, -0.2) is 0 Å². The molecule has 1 aromatic carbocycles. The molecular weight excluding hydrogens is 238 g/mol. The lowest BCUT2D eigenvalue weighted by Crippen LogP contribution is -2.50. The molecule has 0 aromatic heterocycles. The van der Waals surface area contributed by atoms with Crippen LogP contribution in [0.5, 0.6) is 0 Å². The van der Waals surface area contributed by atoms with Crippen molar-refractivity contribution in [3.05, 3.63) is 35.4 Å². The van der Waals surface area contributed by atoms with E-state index >= 15 is 0 Å². The summed E-state index contributed by atoms with van der Waals surface area (Å²) in [5, 5.41) is 12.3. The number of benzene rings is 1. The van der Waals surface area contributed by atoms with E-state index in [1.165, 1.54) is 0 Å².